The van der Waals surface area contributed by atoms with Gasteiger partial charge < -0.3 is 24.6 Å². The molecule has 0 radical (unpaired) electrons. The second kappa shape index (κ2) is 8.63. The molecular weight excluding hydrogens is 384 g/mol. The van der Waals surface area contributed by atoms with Crippen molar-refractivity contribution in [3.05, 3.63) is 59.7 Å². The average molecular weight is 412 g/mol. The number of methoxy groups -OCH3 is 1. The second-order valence-electron chi connectivity index (χ2n) is 8.10. The monoisotopic (exact) mass is 412 g/mol. The van der Waals surface area contributed by atoms with E-state index in [0.717, 1.165) is 22.6 Å². The minimum atomic E-state index is -1.05. The van der Waals surface area contributed by atoms with Crippen LogP contribution in [0.4, 0.5) is 0 Å². The third-order valence-corrected chi connectivity index (χ3v) is 5.84. The maximum absolute atomic E-state index is 12.4. The van der Waals surface area contributed by atoms with Crippen molar-refractivity contribution >= 4 is 5.91 Å². The Morgan fingerprint density at radius 2 is 2.00 bits per heavy atom. The molecule has 7 heteroatoms. The fourth-order valence-corrected chi connectivity index (χ4v) is 4.30. The number of amides is 1. The molecule has 4 rings (SSSR count). The van der Waals surface area contributed by atoms with Crippen molar-refractivity contribution in [2.24, 2.45) is 0 Å². The van der Waals surface area contributed by atoms with E-state index >= 15 is 0 Å². The van der Waals surface area contributed by atoms with Crippen molar-refractivity contribution in [2.45, 2.75) is 37.6 Å². The zero-order chi connectivity index (χ0) is 21.1. The van der Waals surface area contributed by atoms with Crippen LogP contribution in [0.1, 0.15) is 30.5 Å². The first-order chi connectivity index (χ1) is 14.5. The zero-order valence-corrected chi connectivity index (χ0v) is 17.3. The normalized spacial score (nSPS) is 25.8. The van der Waals surface area contributed by atoms with E-state index in [1.54, 1.807) is 6.92 Å². The lowest BCUT2D eigenvalue weighted by Gasteiger charge is -2.49. The largest absolute Gasteiger partial charge is 0.454 e. The Balaban J connectivity index is 1.65. The molecule has 0 saturated carbocycles. The van der Waals surface area contributed by atoms with E-state index in [-0.39, 0.29) is 25.3 Å². The summed E-state index contributed by atoms with van der Waals surface area (Å²) < 4.78 is 15.9. The number of likely N-dealkylation sites (tertiary alicyclic amines) is 1. The number of carbonyl (C=O) groups excluding carboxylic acids is 1. The van der Waals surface area contributed by atoms with Crippen LogP contribution in [0.15, 0.2) is 48.5 Å². The number of carbonyl (C=O) groups is 1. The van der Waals surface area contributed by atoms with Crippen LogP contribution in [0.5, 0.6) is 11.5 Å². The first-order valence-corrected chi connectivity index (χ1v) is 10.2. The van der Waals surface area contributed by atoms with E-state index in [0.29, 0.717) is 19.5 Å². The van der Waals surface area contributed by atoms with Crippen molar-refractivity contribution in [1.29, 1.82) is 0 Å². The lowest BCUT2D eigenvalue weighted by atomic mass is 9.79. The summed E-state index contributed by atoms with van der Waals surface area (Å²) in [6.07, 6.45) is 0.540. The molecule has 2 aromatic rings. The lowest BCUT2D eigenvalue weighted by molar-refractivity contribution is -0.132. The molecule has 0 aliphatic carbocycles. The summed E-state index contributed by atoms with van der Waals surface area (Å²) in [5, 5.41) is 14.2. The van der Waals surface area contributed by atoms with Crippen LogP contribution in [0, 0.1) is 0 Å². The molecule has 1 amide bonds. The van der Waals surface area contributed by atoms with Crippen LogP contribution < -0.4 is 14.8 Å². The quantitative estimate of drug-likeness (QED) is 0.758. The minimum absolute atomic E-state index is 0.0454. The van der Waals surface area contributed by atoms with Gasteiger partial charge in [-0.25, -0.2) is 0 Å². The number of nitrogens with zero attached hydrogens (tertiary/aromatic N) is 1. The van der Waals surface area contributed by atoms with E-state index in [1.807, 2.05) is 48.5 Å². The molecule has 0 spiro atoms. The number of piperidine rings is 1. The molecule has 1 saturated heterocycles. The van der Waals surface area contributed by atoms with Gasteiger partial charge in [0.2, 0.25) is 12.7 Å². The van der Waals surface area contributed by atoms with Gasteiger partial charge in [-0.15, -0.1) is 0 Å². The fraction of sp³-hybridized carbons (Fsp3) is 0.435. The number of benzene rings is 2. The standard InChI is InChI=1S/C23H28N2O5/c1-23(27)10-11-25(13-16-8-9-18-19(12-16)30-15-29-18)21(17-6-4-3-5-7-17)22(23)24-20(26)14-28-2/h3-9,12,21-22,27H,10-11,13-15H2,1-2H3,(H,24,26)/t21-,22-,23+/m0/s1. The molecule has 1 fully saturated rings. The molecule has 0 aromatic heterocycles. The second-order valence-corrected chi connectivity index (χ2v) is 8.10. The average Bonchev–Trinajstić information content (AvgIpc) is 3.19. The summed E-state index contributed by atoms with van der Waals surface area (Å²) >= 11 is 0. The van der Waals surface area contributed by atoms with Gasteiger partial charge in [0.05, 0.1) is 17.7 Å². The van der Waals surface area contributed by atoms with Crippen molar-refractivity contribution < 1.29 is 24.1 Å². The van der Waals surface area contributed by atoms with E-state index in [9.17, 15) is 9.90 Å². The highest BCUT2D eigenvalue weighted by Crippen LogP contribution is 2.39. The van der Waals surface area contributed by atoms with E-state index in [2.05, 4.69) is 10.2 Å². The van der Waals surface area contributed by atoms with Gasteiger partial charge in [0.25, 0.3) is 0 Å². The molecule has 2 aliphatic rings. The number of aliphatic hydroxyl groups is 1. The lowest BCUT2D eigenvalue weighted by Crippen LogP contribution is -2.62. The number of hydrogen-bond acceptors (Lipinski definition) is 6. The summed E-state index contributed by atoms with van der Waals surface area (Å²) in [6, 6.07) is 15.3. The Morgan fingerprint density at radius 3 is 2.77 bits per heavy atom. The van der Waals surface area contributed by atoms with Gasteiger partial charge in [-0.2, -0.15) is 0 Å². The van der Waals surface area contributed by atoms with E-state index < -0.39 is 11.6 Å². The number of fused-ring (bicyclic) bond motifs is 1. The highest BCUT2D eigenvalue weighted by molar-refractivity contribution is 5.77. The minimum Gasteiger partial charge on any atom is -0.454 e. The van der Waals surface area contributed by atoms with Crippen molar-refractivity contribution in [3.63, 3.8) is 0 Å². The van der Waals surface area contributed by atoms with Crippen molar-refractivity contribution in [1.82, 2.24) is 10.2 Å². The van der Waals surface area contributed by atoms with Crippen molar-refractivity contribution in [3.8, 4) is 11.5 Å². The van der Waals surface area contributed by atoms with Gasteiger partial charge in [-0.05, 0) is 36.6 Å². The summed E-state index contributed by atoms with van der Waals surface area (Å²) in [5.41, 5.74) is 1.08. The Morgan fingerprint density at radius 1 is 1.23 bits per heavy atom. The highest BCUT2D eigenvalue weighted by Gasteiger charge is 2.46. The molecule has 2 N–H and O–H groups in total. The van der Waals surface area contributed by atoms with Crippen LogP contribution >= 0.6 is 0 Å². The van der Waals surface area contributed by atoms with Crippen molar-refractivity contribution in [2.75, 3.05) is 27.1 Å². The predicted octanol–water partition coefficient (Wildman–Crippen LogP) is 2.24. The first-order valence-electron chi connectivity index (χ1n) is 10.2. The van der Waals surface area contributed by atoms with Gasteiger partial charge >= 0.3 is 0 Å². The Kier molecular flexibility index (Phi) is 5.94. The molecule has 30 heavy (non-hydrogen) atoms. The van der Waals surface area contributed by atoms with Gasteiger partial charge in [-0.1, -0.05) is 36.4 Å². The molecule has 0 unspecified atom stereocenters. The number of ether oxygens (including phenoxy) is 3. The summed E-state index contributed by atoms with van der Waals surface area (Å²) in [4.78, 5) is 14.7. The maximum Gasteiger partial charge on any atom is 0.246 e. The summed E-state index contributed by atoms with van der Waals surface area (Å²) in [7, 11) is 1.49. The van der Waals surface area contributed by atoms with Gasteiger partial charge in [0, 0.05) is 20.2 Å². The Hall–Kier alpha value is -2.61. The molecule has 3 atom stereocenters. The third-order valence-electron chi connectivity index (χ3n) is 5.84. The van der Waals surface area contributed by atoms with Crippen LogP contribution in [0.25, 0.3) is 0 Å². The molecule has 2 heterocycles. The molecule has 0 bridgehead atoms. The summed E-state index contributed by atoms with van der Waals surface area (Å²) in [6.45, 7) is 3.33. The zero-order valence-electron chi connectivity index (χ0n) is 17.3. The highest BCUT2D eigenvalue weighted by atomic mass is 16.7. The number of nitrogens with one attached hydrogen (secondary N) is 1. The molecular formula is C23H28N2O5. The van der Waals surface area contributed by atoms with E-state index in [4.69, 9.17) is 14.2 Å². The Labute approximate surface area is 176 Å². The maximum atomic E-state index is 12.4. The smallest absolute Gasteiger partial charge is 0.246 e. The van der Waals surface area contributed by atoms with Gasteiger partial charge in [0.1, 0.15) is 6.61 Å². The SMILES string of the molecule is COCC(=O)N[C@H]1[C@H](c2ccccc2)N(Cc2ccc3c(c2)OCO3)CC[C@@]1(C)O. The molecule has 7 nitrogen and oxygen atoms in total. The molecule has 2 aliphatic heterocycles. The van der Waals surface area contributed by atoms with Gasteiger partial charge in [0.15, 0.2) is 11.5 Å². The first kappa shape index (κ1) is 20.7. The molecule has 160 valence electrons. The van der Waals surface area contributed by atoms with Crippen LogP contribution in [-0.4, -0.2) is 54.6 Å². The predicted molar refractivity (Wildman–Crippen MR) is 111 cm³/mol. The van der Waals surface area contributed by atoms with E-state index in [1.165, 1.54) is 7.11 Å². The molecule has 2 aromatic carbocycles. The van der Waals surface area contributed by atoms with Gasteiger partial charge in [-0.3, -0.25) is 9.69 Å². The van der Waals surface area contributed by atoms with Crippen LogP contribution in [0.2, 0.25) is 0 Å². The van der Waals surface area contributed by atoms with Crippen LogP contribution in [0.3, 0.4) is 0 Å². The fourth-order valence-electron chi connectivity index (χ4n) is 4.30. The van der Waals surface area contributed by atoms with Crippen LogP contribution in [-0.2, 0) is 16.1 Å². The Bertz CT molecular complexity index is 886. The number of rotatable bonds is 6. The topological polar surface area (TPSA) is 80.3 Å². The summed E-state index contributed by atoms with van der Waals surface area (Å²) in [5.74, 6) is 1.26. The number of hydrogen-bond donors (Lipinski definition) is 2. The third kappa shape index (κ3) is 4.28.